The van der Waals surface area contributed by atoms with Gasteiger partial charge in [-0.25, -0.2) is 9.67 Å². The fourth-order valence-corrected chi connectivity index (χ4v) is 4.24. The lowest BCUT2D eigenvalue weighted by molar-refractivity contribution is 0.102. The SMILES string of the molecule is Cc1ccc(-n2nc(C)c(NC(=O)c3cc(-c4cc(C)oc4C)nc4onc(C)c34)c2C)cc1. The fraction of sp³-hybridized carbons (Fsp3) is 0.231. The number of nitrogens with one attached hydrogen (secondary N) is 1. The highest BCUT2D eigenvalue weighted by molar-refractivity contribution is 6.13. The Hall–Kier alpha value is -4.20. The van der Waals surface area contributed by atoms with Crippen molar-refractivity contribution in [1.82, 2.24) is 19.9 Å². The summed E-state index contributed by atoms with van der Waals surface area (Å²) >= 11 is 0. The zero-order chi connectivity index (χ0) is 24.1. The number of furan rings is 1. The monoisotopic (exact) mass is 455 g/mol. The minimum absolute atomic E-state index is 0.285. The molecule has 4 aromatic heterocycles. The molecule has 0 bridgehead atoms. The maximum absolute atomic E-state index is 13.6. The molecule has 1 aromatic carbocycles. The molecule has 8 nitrogen and oxygen atoms in total. The largest absolute Gasteiger partial charge is 0.466 e. The third-order valence-corrected chi connectivity index (χ3v) is 5.99. The van der Waals surface area contributed by atoms with E-state index in [1.165, 1.54) is 5.56 Å². The lowest BCUT2D eigenvalue weighted by Crippen LogP contribution is -2.14. The number of hydrogen-bond donors (Lipinski definition) is 1. The number of pyridine rings is 1. The molecule has 0 aliphatic heterocycles. The quantitative estimate of drug-likeness (QED) is 0.369. The van der Waals surface area contributed by atoms with E-state index in [-0.39, 0.29) is 5.91 Å². The Morgan fingerprint density at radius 3 is 2.38 bits per heavy atom. The third-order valence-electron chi connectivity index (χ3n) is 5.99. The molecule has 0 spiro atoms. The van der Waals surface area contributed by atoms with Crippen molar-refractivity contribution >= 4 is 22.7 Å². The number of amides is 1. The number of nitrogens with zero attached hydrogens (tertiary/aromatic N) is 4. The molecule has 0 aliphatic carbocycles. The average Bonchev–Trinajstić information content (AvgIpc) is 3.44. The number of rotatable bonds is 4. The first-order chi connectivity index (χ1) is 16.2. The van der Waals surface area contributed by atoms with Crippen molar-refractivity contribution in [3.8, 4) is 16.9 Å². The van der Waals surface area contributed by atoms with Crippen molar-refractivity contribution in [3.63, 3.8) is 0 Å². The van der Waals surface area contributed by atoms with Crippen LogP contribution in [0.4, 0.5) is 5.69 Å². The van der Waals surface area contributed by atoms with Gasteiger partial charge in [0.15, 0.2) is 0 Å². The summed E-state index contributed by atoms with van der Waals surface area (Å²) in [5, 5.41) is 12.3. The molecule has 34 heavy (non-hydrogen) atoms. The predicted molar refractivity (Wildman–Crippen MR) is 129 cm³/mol. The molecule has 0 unspecified atom stereocenters. The molecule has 172 valence electrons. The molecule has 1 amide bonds. The molecule has 1 N–H and O–H groups in total. The van der Waals surface area contributed by atoms with Crippen LogP contribution in [0.2, 0.25) is 0 Å². The van der Waals surface area contributed by atoms with Gasteiger partial charge in [-0.05, 0) is 65.8 Å². The number of aromatic nitrogens is 4. The molecular weight excluding hydrogens is 430 g/mol. The van der Waals surface area contributed by atoms with E-state index in [4.69, 9.17) is 8.94 Å². The second-order valence-corrected chi connectivity index (χ2v) is 8.58. The minimum atomic E-state index is -0.285. The number of carbonyl (C=O) groups excluding carboxylic acids is 1. The van der Waals surface area contributed by atoms with Crippen molar-refractivity contribution in [2.24, 2.45) is 0 Å². The number of benzene rings is 1. The number of aryl methyl sites for hydroxylation is 5. The van der Waals surface area contributed by atoms with E-state index >= 15 is 0 Å². The fourth-order valence-electron chi connectivity index (χ4n) is 4.24. The maximum atomic E-state index is 13.6. The highest BCUT2D eigenvalue weighted by atomic mass is 16.5. The van der Waals surface area contributed by atoms with Gasteiger partial charge >= 0.3 is 0 Å². The molecule has 0 saturated carbocycles. The van der Waals surface area contributed by atoms with Crippen LogP contribution in [-0.2, 0) is 0 Å². The zero-order valence-electron chi connectivity index (χ0n) is 20.0. The molecule has 0 radical (unpaired) electrons. The van der Waals surface area contributed by atoms with Crippen LogP contribution in [-0.4, -0.2) is 25.8 Å². The molecule has 0 fully saturated rings. The summed E-state index contributed by atoms with van der Waals surface area (Å²) in [6.45, 7) is 11.4. The molecule has 5 aromatic rings. The van der Waals surface area contributed by atoms with Gasteiger partial charge in [0.25, 0.3) is 11.6 Å². The molecular formula is C26H25N5O3. The summed E-state index contributed by atoms with van der Waals surface area (Å²) in [7, 11) is 0. The van der Waals surface area contributed by atoms with Crippen LogP contribution in [0.5, 0.6) is 0 Å². The minimum Gasteiger partial charge on any atom is -0.466 e. The second kappa shape index (κ2) is 7.98. The number of hydrogen-bond acceptors (Lipinski definition) is 6. The molecule has 0 aliphatic rings. The average molecular weight is 456 g/mol. The number of anilines is 1. The molecule has 4 heterocycles. The van der Waals surface area contributed by atoms with Crippen LogP contribution in [0.3, 0.4) is 0 Å². The van der Waals surface area contributed by atoms with Gasteiger partial charge in [0, 0.05) is 5.56 Å². The summed E-state index contributed by atoms with van der Waals surface area (Å²) in [6, 6.07) is 11.7. The van der Waals surface area contributed by atoms with E-state index in [1.807, 2.05) is 69.6 Å². The lowest BCUT2D eigenvalue weighted by atomic mass is 10.1. The van der Waals surface area contributed by atoms with E-state index in [9.17, 15) is 4.79 Å². The first kappa shape index (κ1) is 21.6. The van der Waals surface area contributed by atoms with Gasteiger partial charge in [-0.1, -0.05) is 22.9 Å². The summed E-state index contributed by atoms with van der Waals surface area (Å²) in [5.41, 5.74) is 7.06. The van der Waals surface area contributed by atoms with Crippen molar-refractivity contribution in [1.29, 1.82) is 0 Å². The van der Waals surface area contributed by atoms with Crippen LogP contribution in [0.25, 0.3) is 28.0 Å². The van der Waals surface area contributed by atoms with Gasteiger partial charge in [0.05, 0.1) is 45.1 Å². The van der Waals surface area contributed by atoms with Gasteiger partial charge in [-0.3, -0.25) is 4.79 Å². The van der Waals surface area contributed by atoms with E-state index in [1.54, 1.807) is 13.0 Å². The van der Waals surface area contributed by atoms with E-state index in [2.05, 4.69) is 20.6 Å². The predicted octanol–water partition coefficient (Wildman–Crippen LogP) is 5.77. The second-order valence-electron chi connectivity index (χ2n) is 8.58. The number of fused-ring (bicyclic) bond motifs is 1. The summed E-state index contributed by atoms with van der Waals surface area (Å²) in [4.78, 5) is 18.2. The van der Waals surface area contributed by atoms with Crippen molar-refractivity contribution in [2.75, 3.05) is 5.32 Å². The summed E-state index contributed by atoms with van der Waals surface area (Å²) in [5.74, 6) is 1.20. The first-order valence-electron chi connectivity index (χ1n) is 11.0. The third kappa shape index (κ3) is 3.57. The molecule has 8 heteroatoms. The lowest BCUT2D eigenvalue weighted by Gasteiger charge is -2.09. The van der Waals surface area contributed by atoms with Crippen LogP contribution in [0.15, 0.2) is 45.3 Å². The van der Waals surface area contributed by atoms with Crippen LogP contribution >= 0.6 is 0 Å². The van der Waals surface area contributed by atoms with Crippen LogP contribution < -0.4 is 5.32 Å². The van der Waals surface area contributed by atoms with E-state index < -0.39 is 0 Å². The smallest absolute Gasteiger partial charge is 0.259 e. The van der Waals surface area contributed by atoms with Gasteiger partial charge < -0.3 is 14.3 Å². The highest BCUT2D eigenvalue weighted by Crippen LogP contribution is 2.31. The highest BCUT2D eigenvalue weighted by Gasteiger charge is 2.23. The Bertz CT molecular complexity index is 1550. The number of carbonyl (C=O) groups is 1. The van der Waals surface area contributed by atoms with Crippen molar-refractivity contribution < 1.29 is 13.7 Å². The van der Waals surface area contributed by atoms with E-state index in [0.717, 1.165) is 34.2 Å². The Labute approximate surface area is 196 Å². The van der Waals surface area contributed by atoms with Crippen LogP contribution in [0.1, 0.15) is 44.5 Å². The van der Waals surface area contributed by atoms with Crippen LogP contribution in [0, 0.1) is 41.5 Å². The Morgan fingerprint density at radius 2 is 1.71 bits per heavy atom. The van der Waals surface area contributed by atoms with Crippen molar-refractivity contribution in [2.45, 2.75) is 41.5 Å². The van der Waals surface area contributed by atoms with Crippen molar-refractivity contribution in [3.05, 3.63) is 76.1 Å². The molecule has 5 rings (SSSR count). The summed E-state index contributed by atoms with van der Waals surface area (Å²) < 4.78 is 12.9. The zero-order valence-corrected chi connectivity index (χ0v) is 20.0. The van der Waals surface area contributed by atoms with Gasteiger partial charge in [-0.15, -0.1) is 0 Å². The Kier molecular flexibility index (Phi) is 5.08. The Morgan fingerprint density at radius 1 is 0.971 bits per heavy atom. The Balaban J connectivity index is 1.57. The van der Waals surface area contributed by atoms with Gasteiger partial charge in [-0.2, -0.15) is 5.10 Å². The van der Waals surface area contributed by atoms with E-state index in [0.29, 0.717) is 33.7 Å². The van der Waals surface area contributed by atoms with Gasteiger partial charge in [0.1, 0.15) is 11.5 Å². The summed E-state index contributed by atoms with van der Waals surface area (Å²) in [6.07, 6.45) is 0. The standard InChI is InChI=1S/C26H25N5O3/c1-13-7-9-19(10-8-13)31-17(5)24(16(4)29-31)28-25(32)21-12-22(20-11-14(2)33-18(20)6)27-26-23(21)15(3)30-34-26/h7-12H,1-6H3,(H,28,32). The maximum Gasteiger partial charge on any atom is 0.259 e. The topological polar surface area (TPSA) is 99.0 Å². The molecule has 0 saturated heterocycles. The first-order valence-corrected chi connectivity index (χ1v) is 11.0. The van der Waals surface area contributed by atoms with Gasteiger partial charge in [0.2, 0.25) is 0 Å². The molecule has 0 atom stereocenters. The normalized spacial score (nSPS) is 11.4.